The van der Waals surface area contributed by atoms with Gasteiger partial charge in [-0.25, -0.2) is 0 Å². The number of nitrogens with one attached hydrogen (secondary N) is 1. The maximum Gasteiger partial charge on any atom is 0.310 e. The van der Waals surface area contributed by atoms with Crippen LogP contribution in [0.25, 0.3) is 0 Å². The monoisotopic (exact) mass is 585 g/mol. The van der Waals surface area contributed by atoms with Gasteiger partial charge in [-0.1, -0.05) is 53.2 Å². The van der Waals surface area contributed by atoms with Gasteiger partial charge in [0.1, 0.15) is 6.10 Å². The van der Waals surface area contributed by atoms with Crippen molar-refractivity contribution in [2.24, 2.45) is 61.1 Å². The molecule has 7 nitrogen and oxygen atoms in total. The number of carboxylic acids is 1. The molecule has 228 valence electrons. The van der Waals surface area contributed by atoms with Crippen molar-refractivity contribution in [2.45, 2.75) is 119 Å². The Balaban J connectivity index is 1.56. The molecule has 0 spiro atoms. The van der Waals surface area contributed by atoms with Crippen molar-refractivity contribution in [3.63, 3.8) is 0 Å². The fourth-order valence-corrected chi connectivity index (χ4v) is 11.2. The predicted octanol–water partition coefficient (Wildman–Crippen LogP) is 6.60. The Morgan fingerprint density at radius 3 is 2.37 bits per heavy atom. The van der Waals surface area contributed by atoms with Crippen LogP contribution in [0.3, 0.4) is 0 Å². The molecule has 0 saturated heterocycles. The van der Waals surface area contributed by atoms with Crippen LogP contribution >= 0.6 is 12.2 Å². The third-order valence-electron chi connectivity index (χ3n) is 13.5. The first-order chi connectivity index (χ1) is 19.0. The standard InChI is InChI=1S/C33H51N3O4S/c1-20(37)40-25-11-12-29(4)23(30(25,5)19-35-36-27(34)41)10-13-32(7)24(29)9-8-21-22-18-28(2,3)14-16-33(22,26(38)39)17-15-31(21,32)6/h8,19,22-25H,9-18H2,1-7H3,(H,38,39)(H3,34,36,41)/b35-19+/t22-,23+,24+,25-,29-,30-,31+,32+,33-/m0/s1. The van der Waals surface area contributed by atoms with Crippen LogP contribution in [0.5, 0.6) is 0 Å². The highest BCUT2D eigenvalue weighted by Gasteiger charge is 2.70. The van der Waals surface area contributed by atoms with E-state index < -0.39 is 16.8 Å². The quantitative estimate of drug-likeness (QED) is 0.112. The van der Waals surface area contributed by atoms with Crippen LogP contribution in [0.2, 0.25) is 0 Å². The van der Waals surface area contributed by atoms with E-state index in [1.165, 1.54) is 12.5 Å². The molecule has 0 aromatic carbocycles. The molecule has 8 heteroatoms. The smallest absolute Gasteiger partial charge is 0.310 e. The minimum absolute atomic E-state index is 0.00581. The molecule has 9 atom stereocenters. The van der Waals surface area contributed by atoms with Gasteiger partial charge >= 0.3 is 11.9 Å². The molecule has 4 saturated carbocycles. The highest BCUT2D eigenvalue weighted by Crippen LogP contribution is 2.75. The normalized spacial score (nSPS) is 46.7. The summed E-state index contributed by atoms with van der Waals surface area (Å²) < 4.78 is 5.95. The maximum absolute atomic E-state index is 12.9. The number of hydrazone groups is 1. The lowest BCUT2D eigenvalue weighted by Gasteiger charge is -2.71. The Labute approximate surface area is 251 Å². The molecule has 0 aromatic heterocycles. The first-order valence-corrected chi connectivity index (χ1v) is 16.1. The average Bonchev–Trinajstić information content (AvgIpc) is 2.85. The van der Waals surface area contributed by atoms with Gasteiger partial charge in [0, 0.05) is 18.6 Å². The van der Waals surface area contributed by atoms with Crippen LogP contribution < -0.4 is 11.2 Å². The third-order valence-corrected chi connectivity index (χ3v) is 13.6. The molecule has 5 aliphatic carbocycles. The number of rotatable bonds is 4. The van der Waals surface area contributed by atoms with Crippen LogP contribution in [0.4, 0.5) is 0 Å². The second kappa shape index (κ2) is 9.78. The molecule has 0 aromatic rings. The summed E-state index contributed by atoms with van der Waals surface area (Å²) in [7, 11) is 0. The number of carboxylic acid groups (broad SMARTS) is 1. The molecule has 41 heavy (non-hydrogen) atoms. The fraction of sp³-hybridized carbons (Fsp3) is 0.818. The van der Waals surface area contributed by atoms with E-state index in [2.05, 4.69) is 58.1 Å². The average molecular weight is 586 g/mol. The first-order valence-electron chi connectivity index (χ1n) is 15.7. The topological polar surface area (TPSA) is 114 Å². The SMILES string of the molecule is CC(=O)O[C@H]1CC[C@]2(C)[C@H]3CC=C4[C@@H]5CC(C)(C)CC[C@]5(C(=O)O)CC[C@@]4(C)[C@]3(C)CC[C@H]2[C@]1(C)/C=N/NC(N)=S. The van der Waals surface area contributed by atoms with Gasteiger partial charge in [0.25, 0.3) is 0 Å². The Morgan fingerprint density at radius 2 is 1.73 bits per heavy atom. The summed E-state index contributed by atoms with van der Waals surface area (Å²) in [5.41, 5.74) is 8.93. The molecule has 0 radical (unpaired) electrons. The number of nitrogens with zero attached hydrogens (tertiary/aromatic N) is 1. The number of allylic oxidation sites excluding steroid dienone is 2. The van der Waals surface area contributed by atoms with E-state index in [0.29, 0.717) is 5.92 Å². The lowest BCUT2D eigenvalue weighted by atomic mass is 9.33. The predicted molar refractivity (Wildman–Crippen MR) is 165 cm³/mol. The summed E-state index contributed by atoms with van der Waals surface area (Å²) in [6, 6.07) is 0. The number of nitrogens with two attached hydrogens (primary N) is 1. The fourth-order valence-electron chi connectivity index (χ4n) is 11.1. The Bertz CT molecular complexity index is 1200. The number of esters is 1. The van der Waals surface area contributed by atoms with Crippen LogP contribution in [0.15, 0.2) is 16.8 Å². The van der Waals surface area contributed by atoms with E-state index in [4.69, 9.17) is 22.7 Å². The summed E-state index contributed by atoms with van der Waals surface area (Å²) in [4.78, 5) is 25.1. The van der Waals surface area contributed by atoms with E-state index in [-0.39, 0.29) is 50.7 Å². The minimum atomic E-state index is -0.626. The van der Waals surface area contributed by atoms with Crippen LogP contribution in [-0.2, 0) is 14.3 Å². The Hall–Kier alpha value is -1.96. The molecule has 5 aliphatic rings. The van der Waals surface area contributed by atoms with Crippen molar-refractivity contribution in [3.8, 4) is 0 Å². The van der Waals surface area contributed by atoms with Gasteiger partial charge in [-0.05, 0) is 116 Å². The second-order valence-corrected chi connectivity index (χ2v) is 16.4. The zero-order chi connectivity index (χ0) is 30.2. The van der Waals surface area contributed by atoms with Crippen LogP contribution in [-0.4, -0.2) is 34.5 Å². The van der Waals surface area contributed by atoms with E-state index in [9.17, 15) is 14.7 Å². The van der Waals surface area contributed by atoms with Crippen molar-refractivity contribution >= 4 is 35.5 Å². The van der Waals surface area contributed by atoms with Gasteiger partial charge in [-0.15, -0.1) is 0 Å². The number of carbonyl (C=O) groups excluding carboxylic acids is 1. The number of ether oxygens (including phenoxy) is 1. The molecule has 0 amide bonds. The number of hydrogen-bond acceptors (Lipinski definition) is 5. The van der Waals surface area contributed by atoms with Crippen LogP contribution in [0.1, 0.15) is 113 Å². The van der Waals surface area contributed by atoms with Crippen molar-refractivity contribution in [3.05, 3.63) is 11.6 Å². The lowest BCUT2D eigenvalue weighted by Crippen LogP contribution is -2.66. The zero-order valence-electron chi connectivity index (χ0n) is 26.1. The van der Waals surface area contributed by atoms with E-state index in [1.807, 2.05) is 6.21 Å². The number of fused-ring (bicyclic) bond motifs is 7. The maximum atomic E-state index is 12.9. The first kappa shape index (κ1) is 30.5. The van der Waals surface area contributed by atoms with Gasteiger partial charge in [0.05, 0.1) is 5.41 Å². The van der Waals surface area contributed by atoms with E-state index >= 15 is 0 Å². The molecule has 0 bridgehead atoms. The van der Waals surface area contributed by atoms with Gasteiger partial charge in [-0.2, -0.15) is 5.10 Å². The highest BCUT2D eigenvalue weighted by atomic mass is 32.1. The molecule has 4 N–H and O–H groups in total. The van der Waals surface area contributed by atoms with Gasteiger partial charge in [0.2, 0.25) is 0 Å². The molecule has 0 unspecified atom stereocenters. The van der Waals surface area contributed by atoms with Crippen molar-refractivity contribution in [2.75, 3.05) is 0 Å². The lowest BCUT2D eigenvalue weighted by molar-refractivity contribution is -0.202. The largest absolute Gasteiger partial charge is 0.481 e. The van der Waals surface area contributed by atoms with Gasteiger partial charge in [-0.3, -0.25) is 15.0 Å². The molecule has 0 heterocycles. The minimum Gasteiger partial charge on any atom is -0.481 e. The molecule has 5 rings (SSSR count). The van der Waals surface area contributed by atoms with E-state index in [0.717, 1.165) is 64.2 Å². The molecular formula is C33H51N3O4S. The third kappa shape index (κ3) is 4.39. The van der Waals surface area contributed by atoms with Crippen molar-refractivity contribution in [1.29, 1.82) is 0 Å². The molecular weight excluding hydrogens is 534 g/mol. The summed E-state index contributed by atoms with van der Waals surface area (Å²) in [6.45, 7) is 15.8. The van der Waals surface area contributed by atoms with E-state index in [1.54, 1.807) is 0 Å². The number of thiocarbonyl (C=S) groups is 1. The second-order valence-electron chi connectivity index (χ2n) is 15.9. The van der Waals surface area contributed by atoms with Crippen molar-refractivity contribution in [1.82, 2.24) is 5.43 Å². The Morgan fingerprint density at radius 1 is 1.05 bits per heavy atom. The Kier molecular flexibility index (Phi) is 7.28. The highest BCUT2D eigenvalue weighted by molar-refractivity contribution is 7.80. The summed E-state index contributed by atoms with van der Waals surface area (Å²) in [6.07, 6.45) is 13.3. The molecule has 0 aliphatic heterocycles. The zero-order valence-corrected chi connectivity index (χ0v) is 27.0. The number of hydrogen-bond donors (Lipinski definition) is 3. The van der Waals surface area contributed by atoms with Gasteiger partial charge < -0.3 is 15.6 Å². The number of aliphatic carboxylic acids is 1. The van der Waals surface area contributed by atoms with Gasteiger partial charge in [0.15, 0.2) is 5.11 Å². The number of carbonyl (C=O) groups is 2. The van der Waals surface area contributed by atoms with Crippen LogP contribution in [0, 0.1) is 50.2 Å². The summed E-state index contributed by atoms with van der Waals surface area (Å²) >= 11 is 5.00. The summed E-state index contributed by atoms with van der Waals surface area (Å²) in [5, 5.41) is 15.2. The summed E-state index contributed by atoms with van der Waals surface area (Å²) in [5.74, 6) is -0.0521. The van der Waals surface area contributed by atoms with Crippen molar-refractivity contribution < 1.29 is 19.4 Å². The molecule has 4 fully saturated rings.